The first-order valence-corrected chi connectivity index (χ1v) is 6.31. The van der Waals surface area contributed by atoms with Gasteiger partial charge in [-0.1, -0.05) is 28.6 Å². The monoisotopic (exact) mass is 274 g/mol. The van der Waals surface area contributed by atoms with Crippen molar-refractivity contribution in [1.29, 1.82) is 0 Å². The number of thiazole rings is 1. The fourth-order valence-corrected chi connectivity index (χ4v) is 2.45. The summed E-state index contributed by atoms with van der Waals surface area (Å²) < 4.78 is 5.21. The van der Waals surface area contributed by atoms with Crippen LogP contribution in [0.3, 0.4) is 0 Å². The molecule has 1 aromatic carbocycles. The lowest BCUT2D eigenvalue weighted by Gasteiger charge is -1.94. The van der Waals surface area contributed by atoms with Crippen LogP contribution >= 0.6 is 11.3 Å². The minimum Gasteiger partial charge on any atom is -0.508 e. The van der Waals surface area contributed by atoms with Gasteiger partial charge < -0.3 is 15.4 Å². The van der Waals surface area contributed by atoms with Gasteiger partial charge in [0.1, 0.15) is 10.6 Å². The number of hydrogen-bond acceptors (Lipinski definition) is 7. The molecule has 0 amide bonds. The van der Waals surface area contributed by atoms with Crippen molar-refractivity contribution in [2.45, 2.75) is 6.92 Å². The number of phenols is 1. The van der Waals surface area contributed by atoms with E-state index < -0.39 is 0 Å². The van der Waals surface area contributed by atoms with Gasteiger partial charge in [-0.3, -0.25) is 0 Å². The highest BCUT2D eigenvalue weighted by molar-refractivity contribution is 7.18. The van der Waals surface area contributed by atoms with Gasteiger partial charge in [0.05, 0.1) is 5.69 Å². The second-order valence-electron chi connectivity index (χ2n) is 3.94. The van der Waals surface area contributed by atoms with Crippen molar-refractivity contribution in [3.05, 3.63) is 30.0 Å². The zero-order valence-corrected chi connectivity index (χ0v) is 10.8. The third-order valence-corrected chi connectivity index (χ3v) is 3.51. The van der Waals surface area contributed by atoms with E-state index in [2.05, 4.69) is 15.1 Å². The normalized spacial score (nSPS) is 10.8. The van der Waals surface area contributed by atoms with Crippen molar-refractivity contribution in [3.63, 3.8) is 0 Å². The summed E-state index contributed by atoms with van der Waals surface area (Å²) in [5.74, 6) is 0.948. The lowest BCUT2D eigenvalue weighted by molar-refractivity contribution is 0.433. The number of aromatic hydroxyl groups is 1. The lowest BCUT2D eigenvalue weighted by Crippen LogP contribution is -1.82. The molecule has 96 valence electrons. The molecule has 0 aliphatic rings. The van der Waals surface area contributed by atoms with Gasteiger partial charge in [0.25, 0.3) is 5.89 Å². The van der Waals surface area contributed by atoms with Gasteiger partial charge >= 0.3 is 0 Å². The summed E-state index contributed by atoms with van der Waals surface area (Å²) in [6.07, 6.45) is 0. The molecule has 0 saturated heterocycles. The highest BCUT2D eigenvalue weighted by Gasteiger charge is 2.16. The van der Waals surface area contributed by atoms with Crippen molar-refractivity contribution in [2.24, 2.45) is 0 Å². The van der Waals surface area contributed by atoms with E-state index in [0.29, 0.717) is 22.4 Å². The number of phenolic OH excluding ortho intramolecular Hbond substituents is 1. The molecule has 0 spiro atoms. The molecule has 0 radical (unpaired) electrons. The van der Waals surface area contributed by atoms with E-state index in [0.717, 1.165) is 10.6 Å². The predicted octanol–water partition coefficient (Wildman–Crippen LogP) is 2.46. The van der Waals surface area contributed by atoms with E-state index >= 15 is 0 Å². The molecule has 3 rings (SSSR count). The van der Waals surface area contributed by atoms with E-state index in [1.54, 1.807) is 24.3 Å². The first kappa shape index (κ1) is 11.7. The smallest absolute Gasteiger partial charge is 0.270 e. The van der Waals surface area contributed by atoms with Gasteiger partial charge in [0, 0.05) is 5.56 Å². The summed E-state index contributed by atoms with van der Waals surface area (Å²) in [5, 5.41) is 13.8. The van der Waals surface area contributed by atoms with Gasteiger partial charge in [0.2, 0.25) is 5.82 Å². The topological polar surface area (TPSA) is 98.1 Å². The number of nitrogens with two attached hydrogens (primary N) is 1. The largest absolute Gasteiger partial charge is 0.508 e. The summed E-state index contributed by atoms with van der Waals surface area (Å²) in [5.41, 5.74) is 7.08. The summed E-state index contributed by atoms with van der Waals surface area (Å²) in [6.45, 7) is 1.83. The average molecular weight is 274 g/mol. The van der Waals surface area contributed by atoms with Crippen LogP contribution in [0.4, 0.5) is 5.13 Å². The Kier molecular flexibility index (Phi) is 2.68. The Labute approximate surface area is 112 Å². The maximum atomic E-state index is 9.44. The van der Waals surface area contributed by atoms with Gasteiger partial charge in [-0.15, -0.1) is 0 Å². The lowest BCUT2D eigenvalue weighted by atomic mass is 10.2. The molecule has 2 aromatic heterocycles. The number of anilines is 1. The Bertz CT molecular complexity index is 735. The summed E-state index contributed by atoms with van der Waals surface area (Å²) in [6, 6.07) is 6.67. The number of nitrogens with zero attached hydrogens (tertiary/aromatic N) is 3. The first-order valence-electron chi connectivity index (χ1n) is 5.50. The molecule has 3 aromatic rings. The summed E-state index contributed by atoms with van der Waals surface area (Å²) >= 11 is 1.30. The molecule has 0 fully saturated rings. The van der Waals surface area contributed by atoms with Crippen molar-refractivity contribution >= 4 is 16.5 Å². The molecule has 7 heteroatoms. The maximum absolute atomic E-state index is 9.44. The third kappa shape index (κ3) is 2.15. The Hall–Kier alpha value is -2.41. The molecule has 6 nitrogen and oxygen atoms in total. The zero-order chi connectivity index (χ0) is 13.4. The number of rotatable bonds is 2. The second-order valence-corrected chi connectivity index (χ2v) is 4.97. The molecular weight excluding hydrogens is 264 g/mol. The van der Waals surface area contributed by atoms with Crippen LogP contribution in [-0.2, 0) is 0 Å². The predicted molar refractivity (Wildman–Crippen MR) is 71.7 cm³/mol. The standard InChI is InChI=1S/C12H10N4O2S/c1-6-9(19-12(13)14-6)11-15-10(16-18-11)7-3-2-4-8(17)5-7/h2-5,17H,1H3,(H2,13,14). The highest BCUT2D eigenvalue weighted by Crippen LogP contribution is 2.31. The van der Waals surface area contributed by atoms with Crippen molar-refractivity contribution < 1.29 is 9.63 Å². The molecule has 0 atom stereocenters. The first-order chi connectivity index (χ1) is 9.13. The van der Waals surface area contributed by atoms with Crippen LogP contribution in [-0.4, -0.2) is 20.2 Å². The van der Waals surface area contributed by atoms with E-state index in [-0.39, 0.29) is 5.75 Å². The van der Waals surface area contributed by atoms with Crippen molar-refractivity contribution in [3.8, 4) is 27.9 Å². The van der Waals surface area contributed by atoms with E-state index in [9.17, 15) is 5.11 Å². The second kappa shape index (κ2) is 4.36. The van der Waals surface area contributed by atoms with Crippen LogP contribution < -0.4 is 5.73 Å². The highest BCUT2D eigenvalue weighted by atomic mass is 32.1. The van der Waals surface area contributed by atoms with E-state index in [1.807, 2.05) is 6.92 Å². The van der Waals surface area contributed by atoms with E-state index in [4.69, 9.17) is 10.3 Å². The van der Waals surface area contributed by atoms with E-state index in [1.165, 1.54) is 11.3 Å². The minimum atomic E-state index is 0.155. The van der Waals surface area contributed by atoms with Crippen LogP contribution in [0.1, 0.15) is 5.69 Å². The number of aromatic nitrogens is 3. The van der Waals surface area contributed by atoms with Crippen LogP contribution in [0.5, 0.6) is 5.75 Å². The Morgan fingerprint density at radius 3 is 2.84 bits per heavy atom. The molecule has 19 heavy (non-hydrogen) atoms. The number of benzene rings is 1. The van der Waals surface area contributed by atoms with Gasteiger partial charge in [-0.25, -0.2) is 4.98 Å². The Morgan fingerprint density at radius 1 is 1.32 bits per heavy atom. The third-order valence-electron chi connectivity index (χ3n) is 2.54. The minimum absolute atomic E-state index is 0.155. The van der Waals surface area contributed by atoms with Crippen LogP contribution in [0.2, 0.25) is 0 Å². The molecule has 2 heterocycles. The summed E-state index contributed by atoms with van der Waals surface area (Å²) in [4.78, 5) is 9.16. The zero-order valence-electron chi connectivity index (χ0n) is 9.99. The molecule has 0 unspecified atom stereocenters. The van der Waals surface area contributed by atoms with Crippen molar-refractivity contribution in [1.82, 2.24) is 15.1 Å². The summed E-state index contributed by atoms with van der Waals surface area (Å²) in [7, 11) is 0. The molecule has 0 aliphatic heterocycles. The molecular formula is C12H10N4O2S. The maximum Gasteiger partial charge on any atom is 0.270 e. The quantitative estimate of drug-likeness (QED) is 0.744. The average Bonchev–Trinajstić information content (AvgIpc) is 2.96. The molecule has 3 N–H and O–H groups in total. The molecule has 0 saturated carbocycles. The van der Waals surface area contributed by atoms with Gasteiger partial charge in [0.15, 0.2) is 5.13 Å². The fourth-order valence-electron chi connectivity index (χ4n) is 1.69. The van der Waals surface area contributed by atoms with Crippen molar-refractivity contribution in [2.75, 3.05) is 5.73 Å². The Balaban J connectivity index is 2.02. The number of aryl methyl sites for hydroxylation is 1. The molecule has 0 aliphatic carbocycles. The van der Waals surface area contributed by atoms with Crippen LogP contribution in [0.25, 0.3) is 22.2 Å². The Morgan fingerprint density at radius 2 is 2.16 bits per heavy atom. The SMILES string of the molecule is Cc1nc(N)sc1-c1nc(-c2cccc(O)c2)no1. The number of nitrogen functional groups attached to an aromatic ring is 1. The van der Waals surface area contributed by atoms with Crippen LogP contribution in [0, 0.1) is 6.92 Å². The van der Waals surface area contributed by atoms with Gasteiger partial charge in [-0.05, 0) is 19.1 Å². The van der Waals surface area contributed by atoms with Gasteiger partial charge in [-0.2, -0.15) is 4.98 Å². The molecule has 0 bridgehead atoms. The van der Waals surface area contributed by atoms with Crippen LogP contribution in [0.15, 0.2) is 28.8 Å². The fraction of sp³-hybridized carbons (Fsp3) is 0.0833. The number of hydrogen-bond donors (Lipinski definition) is 2.